The number of aliphatic hydroxyl groups excluding tert-OH is 3. The minimum atomic E-state index is -1.37. The van der Waals surface area contributed by atoms with Crippen LogP contribution in [0.25, 0.3) is 0 Å². The number of ether oxygens (including phenoxy) is 1. The molecular formula is C40H73N3O6. The molecule has 9 heteroatoms. The van der Waals surface area contributed by atoms with Crippen LogP contribution in [-0.4, -0.2) is 55.7 Å². The number of aromatic nitrogens is 2. The van der Waals surface area contributed by atoms with Crippen LogP contribution in [0.5, 0.6) is 0 Å². The summed E-state index contributed by atoms with van der Waals surface area (Å²) in [5.41, 5.74) is -0.724. The van der Waals surface area contributed by atoms with Crippen molar-refractivity contribution in [3.8, 4) is 0 Å². The van der Waals surface area contributed by atoms with Crippen LogP contribution in [0.2, 0.25) is 0 Å². The van der Waals surface area contributed by atoms with Crippen LogP contribution in [0.15, 0.2) is 17.1 Å². The number of aliphatic hydroxyl groups is 3. The minimum absolute atomic E-state index is 0.137. The summed E-state index contributed by atoms with van der Waals surface area (Å²) in [6.45, 7) is 1.81. The maximum absolute atomic E-state index is 12.4. The van der Waals surface area contributed by atoms with Crippen molar-refractivity contribution < 1.29 is 24.9 Å². The maximum atomic E-state index is 12.4. The molecule has 1 amide bonds. The van der Waals surface area contributed by atoms with Gasteiger partial charge in [-0.1, -0.05) is 180 Å². The molecule has 2 heterocycles. The van der Waals surface area contributed by atoms with Crippen molar-refractivity contribution in [3.63, 3.8) is 0 Å². The lowest BCUT2D eigenvalue weighted by molar-refractivity contribution is -0.116. The molecule has 2 rings (SSSR count). The fourth-order valence-corrected chi connectivity index (χ4v) is 6.95. The number of amides is 1. The van der Waals surface area contributed by atoms with Crippen LogP contribution in [0.3, 0.4) is 0 Å². The molecule has 0 aromatic carbocycles. The molecule has 0 saturated carbocycles. The first-order valence-electron chi connectivity index (χ1n) is 20.5. The number of carbonyl (C=O) groups is 1. The first-order chi connectivity index (χ1) is 24.0. The van der Waals surface area contributed by atoms with E-state index in [-0.39, 0.29) is 11.7 Å². The highest BCUT2D eigenvalue weighted by Gasteiger charge is 2.43. The summed E-state index contributed by atoms with van der Waals surface area (Å²) >= 11 is 0. The SMILES string of the molecule is CCCCCCCCCCCCCCCCCCCCCCCCCCCCCCC(=O)Nc1ccn([C@@H]2O[C@H](CO)[C@@H](O)[C@@H]2O)c(=O)n1. The van der Waals surface area contributed by atoms with E-state index >= 15 is 0 Å². The predicted octanol–water partition coefficient (Wildman–Crippen LogP) is 9.13. The van der Waals surface area contributed by atoms with Crippen LogP contribution in [-0.2, 0) is 9.53 Å². The van der Waals surface area contributed by atoms with Crippen molar-refractivity contribution >= 4 is 11.7 Å². The molecule has 1 aliphatic heterocycles. The van der Waals surface area contributed by atoms with Gasteiger partial charge in [0.25, 0.3) is 0 Å². The zero-order valence-corrected chi connectivity index (χ0v) is 31.1. The van der Waals surface area contributed by atoms with E-state index in [1.165, 1.54) is 173 Å². The Morgan fingerprint density at radius 3 is 1.41 bits per heavy atom. The predicted molar refractivity (Wildman–Crippen MR) is 200 cm³/mol. The van der Waals surface area contributed by atoms with Crippen molar-refractivity contribution in [1.29, 1.82) is 0 Å². The third-order valence-electron chi connectivity index (χ3n) is 10.1. The third kappa shape index (κ3) is 20.0. The zero-order chi connectivity index (χ0) is 35.4. The first-order valence-corrected chi connectivity index (χ1v) is 20.5. The van der Waals surface area contributed by atoms with Crippen molar-refractivity contribution in [2.75, 3.05) is 11.9 Å². The van der Waals surface area contributed by atoms with E-state index in [1.807, 2.05) is 0 Å². The van der Waals surface area contributed by atoms with Gasteiger partial charge in [0.15, 0.2) is 6.23 Å². The molecule has 0 radical (unpaired) electrons. The van der Waals surface area contributed by atoms with E-state index in [0.717, 1.165) is 23.8 Å². The number of anilines is 1. The molecule has 0 aliphatic carbocycles. The monoisotopic (exact) mass is 692 g/mol. The van der Waals surface area contributed by atoms with E-state index in [2.05, 4.69) is 17.2 Å². The number of carbonyl (C=O) groups excluding carboxylic acids is 1. The molecular weight excluding hydrogens is 618 g/mol. The quantitative estimate of drug-likeness (QED) is 0.0554. The summed E-state index contributed by atoms with van der Waals surface area (Å²) in [4.78, 5) is 28.6. The molecule has 0 bridgehead atoms. The van der Waals surface area contributed by atoms with Gasteiger partial charge in [0.2, 0.25) is 5.91 Å². The van der Waals surface area contributed by atoms with Gasteiger partial charge in [-0.05, 0) is 12.5 Å². The Morgan fingerprint density at radius 2 is 1.06 bits per heavy atom. The molecule has 284 valence electrons. The van der Waals surface area contributed by atoms with Gasteiger partial charge >= 0.3 is 5.69 Å². The highest BCUT2D eigenvalue weighted by Crippen LogP contribution is 2.28. The zero-order valence-electron chi connectivity index (χ0n) is 31.1. The molecule has 9 nitrogen and oxygen atoms in total. The van der Waals surface area contributed by atoms with Crippen LogP contribution in [0.4, 0.5) is 5.82 Å². The van der Waals surface area contributed by atoms with E-state index in [4.69, 9.17) is 4.74 Å². The van der Waals surface area contributed by atoms with Crippen LogP contribution < -0.4 is 11.0 Å². The molecule has 49 heavy (non-hydrogen) atoms. The van der Waals surface area contributed by atoms with Gasteiger partial charge in [0, 0.05) is 12.6 Å². The van der Waals surface area contributed by atoms with Gasteiger partial charge in [0.05, 0.1) is 6.61 Å². The highest BCUT2D eigenvalue weighted by molar-refractivity contribution is 5.89. The summed E-state index contributed by atoms with van der Waals surface area (Å²) in [5.74, 6) is -0.0504. The number of rotatable bonds is 32. The average Bonchev–Trinajstić information content (AvgIpc) is 3.38. The Hall–Kier alpha value is -1.81. The van der Waals surface area contributed by atoms with Crippen molar-refractivity contribution in [1.82, 2.24) is 9.55 Å². The molecule has 1 aromatic rings. The Kier molecular flexibility index (Phi) is 25.5. The van der Waals surface area contributed by atoms with Crippen molar-refractivity contribution in [2.24, 2.45) is 0 Å². The second kappa shape index (κ2) is 28.8. The van der Waals surface area contributed by atoms with Gasteiger partial charge < -0.3 is 25.4 Å². The molecule has 4 atom stereocenters. The Bertz CT molecular complexity index is 1000. The lowest BCUT2D eigenvalue weighted by atomic mass is 10.0. The van der Waals surface area contributed by atoms with Crippen molar-refractivity contribution in [3.05, 3.63) is 22.7 Å². The highest BCUT2D eigenvalue weighted by atomic mass is 16.6. The van der Waals surface area contributed by atoms with Gasteiger partial charge in [0.1, 0.15) is 24.1 Å². The van der Waals surface area contributed by atoms with Crippen LogP contribution in [0, 0.1) is 0 Å². The number of nitrogens with one attached hydrogen (secondary N) is 1. The van der Waals surface area contributed by atoms with Crippen molar-refractivity contribution in [2.45, 2.75) is 218 Å². The molecule has 4 N–H and O–H groups in total. The molecule has 0 unspecified atom stereocenters. The topological polar surface area (TPSA) is 134 Å². The van der Waals surface area contributed by atoms with E-state index < -0.39 is 36.8 Å². The van der Waals surface area contributed by atoms with Gasteiger partial charge in [-0.25, -0.2) is 4.79 Å². The lowest BCUT2D eigenvalue weighted by Gasteiger charge is -2.17. The summed E-state index contributed by atoms with van der Waals surface area (Å²) in [5, 5.41) is 31.9. The number of unbranched alkanes of at least 4 members (excludes halogenated alkanes) is 27. The Morgan fingerprint density at radius 1 is 0.673 bits per heavy atom. The van der Waals surface area contributed by atoms with Gasteiger partial charge in [-0.2, -0.15) is 4.98 Å². The smallest absolute Gasteiger partial charge is 0.351 e. The van der Waals surface area contributed by atoms with Gasteiger partial charge in [-0.15, -0.1) is 0 Å². The molecule has 1 fully saturated rings. The third-order valence-corrected chi connectivity index (χ3v) is 10.1. The van der Waals surface area contributed by atoms with Crippen LogP contribution >= 0.6 is 0 Å². The molecule has 0 spiro atoms. The number of hydrogen-bond donors (Lipinski definition) is 4. The summed E-state index contributed by atoms with van der Waals surface area (Å²) in [6.07, 6.45) is 34.9. The Balaban J connectivity index is 1.30. The first kappa shape index (κ1) is 43.4. The standard InChI is InChI=1S/C40H73N3O6/c1-2-3-4-5-6-7-8-9-10-11-12-13-14-15-16-17-18-19-20-21-22-23-24-25-26-27-28-29-30-36(45)41-35-31-32-43(40(48)42-35)39-38(47)37(46)34(33-44)49-39/h31-32,34,37-39,44,46-47H,2-30,33H2,1H3,(H,41,42,45,48)/t34-,37-,38+,39-/m1/s1. The largest absolute Gasteiger partial charge is 0.394 e. The second-order valence-corrected chi connectivity index (χ2v) is 14.6. The Labute approximate surface area is 298 Å². The molecule has 1 aliphatic rings. The fourth-order valence-electron chi connectivity index (χ4n) is 6.95. The second-order valence-electron chi connectivity index (χ2n) is 14.6. The lowest BCUT2D eigenvalue weighted by Crippen LogP contribution is -2.36. The molecule has 1 saturated heterocycles. The fraction of sp³-hybridized carbons (Fsp3) is 0.875. The average molecular weight is 692 g/mol. The van der Waals surface area contributed by atoms with E-state index in [9.17, 15) is 24.9 Å². The van der Waals surface area contributed by atoms with Crippen LogP contribution in [0.1, 0.15) is 199 Å². The summed E-state index contributed by atoms with van der Waals surface area (Å²) in [7, 11) is 0. The van der Waals surface area contributed by atoms with Gasteiger partial charge in [-0.3, -0.25) is 9.36 Å². The number of hydrogen-bond acceptors (Lipinski definition) is 7. The van der Waals surface area contributed by atoms with E-state index in [0.29, 0.717) is 6.42 Å². The normalized spacial score (nSPS) is 19.1. The molecule has 1 aromatic heterocycles. The number of nitrogens with zero attached hydrogens (tertiary/aromatic N) is 2. The summed E-state index contributed by atoms with van der Waals surface area (Å²) < 4.78 is 6.42. The minimum Gasteiger partial charge on any atom is -0.394 e. The maximum Gasteiger partial charge on any atom is 0.351 e. The van der Waals surface area contributed by atoms with E-state index in [1.54, 1.807) is 0 Å². The summed E-state index contributed by atoms with van der Waals surface area (Å²) in [6, 6.07) is 1.45.